The Morgan fingerprint density at radius 1 is 1.27 bits per heavy atom. The van der Waals surface area contributed by atoms with Crippen LogP contribution in [0.5, 0.6) is 11.5 Å². The number of pyridine rings is 1. The van der Waals surface area contributed by atoms with Gasteiger partial charge in [0, 0.05) is 24.5 Å². The Hall–Kier alpha value is -2.07. The van der Waals surface area contributed by atoms with Gasteiger partial charge in [-0.15, -0.1) is 0 Å². The first-order valence-electron chi connectivity index (χ1n) is 7.72. The Bertz CT molecular complexity index is 670. The lowest BCUT2D eigenvalue weighted by Gasteiger charge is -2.30. The van der Waals surface area contributed by atoms with Crippen LogP contribution < -0.4 is 14.8 Å². The lowest BCUT2D eigenvalue weighted by molar-refractivity contribution is 0.305. The highest BCUT2D eigenvalue weighted by atomic mass is 16.5. The van der Waals surface area contributed by atoms with Crippen molar-refractivity contribution in [2.24, 2.45) is 0 Å². The molecule has 0 saturated heterocycles. The van der Waals surface area contributed by atoms with Crippen molar-refractivity contribution in [3.8, 4) is 11.5 Å². The van der Waals surface area contributed by atoms with Gasteiger partial charge in [0.15, 0.2) is 11.5 Å². The first-order valence-corrected chi connectivity index (χ1v) is 7.72. The molecule has 0 saturated carbocycles. The molecule has 1 N–H and O–H groups in total. The van der Waals surface area contributed by atoms with E-state index in [1.807, 2.05) is 25.4 Å². The minimum absolute atomic E-state index is 0.178. The molecule has 3 rings (SSSR count). The second-order valence-corrected chi connectivity index (χ2v) is 5.47. The normalized spacial score (nSPS) is 17.0. The molecular weight excluding hydrogens is 276 g/mol. The maximum Gasteiger partial charge on any atom is 0.164 e. The minimum Gasteiger partial charge on any atom is -0.493 e. The zero-order valence-corrected chi connectivity index (χ0v) is 13.3. The molecule has 116 valence electrons. The van der Waals surface area contributed by atoms with Crippen LogP contribution in [0, 0.1) is 6.92 Å². The molecule has 1 atom stereocenters. The third-order valence-electron chi connectivity index (χ3n) is 4.18. The largest absolute Gasteiger partial charge is 0.493 e. The number of nitrogens with one attached hydrogen (secondary N) is 1. The van der Waals surface area contributed by atoms with E-state index < -0.39 is 0 Å². The van der Waals surface area contributed by atoms with Crippen LogP contribution in [0.2, 0.25) is 0 Å². The molecule has 1 aliphatic rings. The molecule has 0 spiro atoms. The predicted octanol–water partition coefficient (Wildman–Crippen LogP) is 3.03. The highest BCUT2D eigenvalue weighted by Gasteiger charge is 2.26. The molecule has 0 amide bonds. The maximum absolute atomic E-state index is 5.88. The predicted molar refractivity (Wildman–Crippen MR) is 86.7 cm³/mol. The Kier molecular flexibility index (Phi) is 4.29. The third kappa shape index (κ3) is 2.55. The molecule has 0 radical (unpaired) electrons. The summed E-state index contributed by atoms with van der Waals surface area (Å²) in [5, 5.41) is 3.62. The average Bonchev–Trinajstić information content (AvgIpc) is 2.55. The highest BCUT2D eigenvalue weighted by Crippen LogP contribution is 2.40. The van der Waals surface area contributed by atoms with Crippen molar-refractivity contribution in [2.75, 3.05) is 20.3 Å². The van der Waals surface area contributed by atoms with E-state index in [1.165, 1.54) is 22.3 Å². The van der Waals surface area contributed by atoms with Crippen LogP contribution in [0.25, 0.3) is 0 Å². The molecule has 4 heteroatoms. The summed E-state index contributed by atoms with van der Waals surface area (Å²) >= 11 is 0. The molecule has 1 aromatic carbocycles. The summed E-state index contributed by atoms with van der Waals surface area (Å²) in [7, 11) is 1.69. The van der Waals surface area contributed by atoms with Gasteiger partial charge in [-0.2, -0.15) is 0 Å². The molecular formula is C18H22N2O2. The van der Waals surface area contributed by atoms with Crippen molar-refractivity contribution in [1.82, 2.24) is 10.3 Å². The van der Waals surface area contributed by atoms with Gasteiger partial charge in [-0.25, -0.2) is 0 Å². The van der Waals surface area contributed by atoms with Crippen molar-refractivity contribution >= 4 is 0 Å². The Morgan fingerprint density at radius 3 is 2.86 bits per heavy atom. The van der Waals surface area contributed by atoms with Crippen LogP contribution in [0.1, 0.15) is 35.2 Å². The van der Waals surface area contributed by atoms with E-state index in [4.69, 9.17) is 9.47 Å². The summed E-state index contributed by atoms with van der Waals surface area (Å²) in [5.41, 5.74) is 4.98. The van der Waals surface area contributed by atoms with Gasteiger partial charge in [0.25, 0.3) is 0 Å². The van der Waals surface area contributed by atoms with E-state index in [1.54, 1.807) is 7.11 Å². The lowest BCUT2D eigenvalue weighted by atomic mass is 9.88. The van der Waals surface area contributed by atoms with Gasteiger partial charge < -0.3 is 14.8 Å². The molecule has 0 aliphatic carbocycles. The number of benzene rings is 1. The van der Waals surface area contributed by atoms with Gasteiger partial charge in [0.2, 0.25) is 0 Å². The monoisotopic (exact) mass is 298 g/mol. The number of fused-ring (bicyclic) bond motifs is 1. The maximum atomic E-state index is 5.88. The topological polar surface area (TPSA) is 43.4 Å². The second-order valence-electron chi connectivity index (χ2n) is 5.47. The van der Waals surface area contributed by atoms with Gasteiger partial charge >= 0.3 is 0 Å². The number of nitrogens with zero attached hydrogens (tertiary/aromatic N) is 1. The van der Waals surface area contributed by atoms with Crippen LogP contribution in [-0.4, -0.2) is 25.2 Å². The van der Waals surface area contributed by atoms with E-state index >= 15 is 0 Å². The van der Waals surface area contributed by atoms with E-state index in [0.717, 1.165) is 24.5 Å². The van der Waals surface area contributed by atoms with Crippen LogP contribution in [0.15, 0.2) is 30.6 Å². The van der Waals surface area contributed by atoms with Gasteiger partial charge in [0.05, 0.1) is 19.8 Å². The fraction of sp³-hybridized carbons (Fsp3) is 0.389. The summed E-state index contributed by atoms with van der Waals surface area (Å²) in [6.45, 7) is 5.67. The van der Waals surface area contributed by atoms with Crippen LogP contribution in [0.3, 0.4) is 0 Å². The number of rotatable bonds is 4. The number of ether oxygens (including phenoxy) is 2. The number of aromatic nitrogens is 1. The van der Waals surface area contributed by atoms with Gasteiger partial charge in [-0.1, -0.05) is 6.07 Å². The van der Waals surface area contributed by atoms with Crippen LogP contribution in [-0.2, 0) is 6.42 Å². The van der Waals surface area contributed by atoms with E-state index in [-0.39, 0.29) is 6.04 Å². The fourth-order valence-electron chi connectivity index (χ4n) is 3.15. The molecule has 2 heterocycles. The molecule has 0 bridgehead atoms. The van der Waals surface area contributed by atoms with Crippen molar-refractivity contribution in [3.05, 3.63) is 52.8 Å². The summed E-state index contributed by atoms with van der Waals surface area (Å²) < 4.78 is 11.3. The number of hydrogen-bond acceptors (Lipinski definition) is 4. The number of hydrogen-bond donors (Lipinski definition) is 1. The zero-order chi connectivity index (χ0) is 15.5. The standard InChI is InChI=1S/C18H22N2O2/c1-4-22-18-15-8-10-20-17(13-7-9-19-11-12(13)2)14(15)5-6-16(18)21-3/h5-7,9,11,17,20H,4,8,10H2,1-3H3. The Morgan fingerprint density at radius 2 is 2.14 bits per heavy atom. The molecule has 4 nitrogen and oxygen atoms in total. The third-order valence-corrected chi connectivity index (χ3v) is 4.18. The lowest BCUT2D eigenvalue weighted by Crippen LogP contribution is -2.31. The molecule has 1 unspecified atom stereocenters. The number of aryl methyl sites for hydroxylation is 1. The Labute approximate surface area is 131 Å². The minimum atomic E-state index is 0.178. The van der Waals surface area contributed by atoms with Gasteiger partial charge in [-0.3, -0.25) is 4.98 Å². The van der Waals surface area contributed by atoms with Gasteiger partial charge in [-0.05, 0) is 49.1 Å². The van der Waals surface area contributed by atoms with Crippen LogP contribution in [0.4, 0.5) is 0 Å². The number of methoxy groups -OCH3 is 1. The molecule has 1 aliphatic heterocycles. The van der Waals surface area contributed by atoms with Crippen molar-refractivity contribution < 1.29 is 9.47 Å². The van der Waals surface area contributed by atoms with E-state index in [0.29, 0.717) is 6.61 Å². The highest BCUT2D eigenvalue weighted by molar-refractivity contribution is 5.55. The van der Waals surface area contributed by atoms with E-state index in [9.17, 15) is 0 Å². The zero-order valence-electron chi connectivity index (χ0n) is 13.3. The quantitative estimate of drug-likeness (QED) is 0.942. The molecule has 1 aromatic heterocycles. The van der Waals surface area contributed by atoms with E-state index in [2.05, 4.69) is 29.4 Å². The Balaban J connectivity index is 2.11. The molecule has 2 aromatic rings. The average molecular weight is 298 g/mol. The summed E-state index contributed by atoms with van der Waals surface area (Å²) in [6, 6.07) is 6.41. The summed E-state index contributed by atoms with van der Waals surface area (Å²) in [6.07, 6.45) is 4.71. The van der Waals surface area contributed by atoms with Crippen molar-refractivity contribution in [3.63, 3.8) is 0 Å². The second kappa shape index (κ2) is 6.36. The van der Waals surface area contributed by atoms with Crippen LogP contribution >= 0.6 is 0 Å². The molecule has 0 fully saturated rings. The van der Waals surface area contributed by atoms with Crippen molar-refractivity contribution in [2.45, 2.75) is 26.3 Å². The SMILES string of the molecule is CCOc1c(OC)ccc2c1CCNC2c1ccncc1C. The summed E-state index contributed by atoms with van der Waals surface area (Å²) in [4.78, 5) is 4.20. The summed E-state index contributed by atoms with van der Waals surface area (Å²) in [5.74, 6) is 1.70. The fourth-order valence-corrected chi connectivity index (χ4v) is 3.15. The first-order chi connectivity index (χ1) is 10.8. The first kappa shape index (κ1) is 14.9. The van der Waals surface area contributed by atoms with Gasteiger partial charge in [0.1, 0.15) is 0 Å². The van der Waals surface area contributed by atoms with Crippen molar-refractivity contribution in [1.29, 1.82) is 0 Å². The smallest absolute Gasteiger partial charge is 0.164 e. The molecule has 22 heavy (non-hydrogen) atoms.